The first-order valence-electron chi connectivity index (χ1n) is 4.65. The monoisotopic (exact) mass is 172 g/mol. The van der Waals surface area contributed by atoms with E-state index in [1.165, 1.54) is 16.7 Å². The molecule has 0 bridgehead atoms. The van der Waals surface area contributed by atoms with E-state index in [0.29, 0.717) is 0 Å². The molecule has 0 N–H and O–H groups in total. The summed E-state index contributed by atoms with van der Waals surface area (Å²) >= 11 is 0. The molecule has 0 saturated heterocycles. The van der Waals surface area contributed by atoms with Crippen LogP contribution < -0.4 is 0 Å². The van der Waals surface area contributed by atoms with Crippen LogP contribution in [0, 0.1) is 0 Å². The molecule has 0 unspecified atom stereocenters. The molecule has 13 heavy (non-hydrogen) atoms. The Morgan fingerprint density at radius 1 is 1.31 bits per heavy atom. The summed E-state index contributed by atoms with van der Waals surface area (Å²) in [5.74, 6) is 0. The van der Waals surface area contributed by atoms with Gasteiger partial charge in [-0.15, -0.1) is 0 Å². The molecular weight excluding hydrogens is 156 g/mol. The SMILES string of the molecule is C=C(CC)/C(C)=C/c1ccccc1. The van der Waals surface area contributed by atoms with E-state index in [1.807, 2.05) is 18.2 Å². The predicted molar refractivity (Wildman–Crippen MR) is 59.5 cm³/mol. The Bertz CT molecular complexity index is 304. The summed E-state index contributed by atoms with van der Waals surface area (Å²) in [6.45, 7) is 8.24. The second-order valence-electron chi connectivity index (χ2n) is 3.20. The van der Waals surface area contributed by atoms with Crippen LogP contribution in [-0.2, 0) is 0 Å². The lowest BCUT2D eigenvalue weighted by atomic mass is 10.0. The molecule has 0 aliphatic heterocycles. The van der Waals surface area contributed by atoms with Crippen molar-refractivity contribution in [3.8, 4) is 0 Å². The average Bonchev–Trinajstić information content (AvgIpc) is 2.18. The quantitative estimate of drug-likeness (QED) is 0.603. The molecule has 1 aromatic rings. The molecule has 0 saturated carbocycles. The second kappa shape index (κ2) is 4.66. The highest BCUT2D eigenvalue weighted by Crippen LogP contribution is 2.14. The van der Waals surface area contributed by atoms with Crippen LogP contribution in [0.15, 0.2) is 48.1 Å². The topological polar surface area (TPSA) is 0 Å². The van der Waals surface area contributed by atoms with Crippen molar-refractivity contribution < 1.29 is 0 Å². The number of allylic oxidation sites excluding steroid dienone is 2. The molecule has 0 spiro atoms. The van der Waals surface area contributed by atoms with Crippen LogP contribution in [0.5, 0.6) is 0 Å². The van der Waals surface area contributed by atoms with Gasteiger partial charge in [-0.05, 0) is 24.5 Å². The summed E-state index contributed by atoms with van der Waals surface area (Å²) in [6.07, 6.45) is 3.20. The van der Waals surface area contributed by atoms with Crippen LogP contribution in [0.1, 0.15) is 25.8 Å². The number of rotatable bonds is 3. The van der Waals surface area contributed by atoms with E-state index in [2.05, 4.69) is 38.6 Å². The first-order valence-corrected chi connectivity index (χ1v) is 4.65. The van der Waals surface area contributed by atoms with Crippen molar-refractivity contribution in [1.82, 2.24) is 0 Å². The van der Waals surface area contributed by atoms with Gasteiger partial charge in [-0.25, -0.2) is 0 Å². The highest BCUT2D eigenvalue weighted by molar-refractivity contribution is 5.56. The fraction of sp³-hybridized carbons (Fsp3) is 0.231. The highest BCUT2D eigenvalue weighted by atomic mass is 14.0. The Labute approximate surface area is 80.6 Å². The minimum absolute atomic E-state index is 1.02. The Morgan fingerprint density at radius 2 is 1.92 bits per heavy atom. The van der Waals surface area contributed by atoms with Gasteiger partial charge < -0.3 is 0 Å². The third-order valence-electron chi connectivity index (χ3n) is 2.17. The van der Waals surface area contributed by atoms with Crippen molar-refractivity contribution in [3.05, 3.63) is 53.6 Å². The molecule has 1 rings (SSSR count). The summed E-state index contributed by atoms with van der Waals surface area (Å²) in [6, 6.07) is 10.3. The minimum atomic E-state index is 1.02. The van der Waals surface area contributed by atoms with Gasteiger partial charge in [0.2, 0.25) is 0 Å². The summed E-state index contributed by atoms with van der Waals surface area (Å²) in [5, 5.41) is 0. The molecule has 0 radical (unpaired) electrons. The van der Waals surface area contributed by atoms with Gasteiger partial charge in [0.1, 0.15) is 0 Å². The molecule has 0 fully saturated rings. The third-order valence-corrected chi connectivity index (χ3v) is 2.17. The molecule has 0 aliphatic rings. The average molecular weight is 172 g/mol. The highest BCUT2D eigenvalue weighted by Gasteiger charge is 1.93. The zero-order valence-electron chi connectivity index (χ0n) is 8.38. The molecule has 68 valence electrons. The maximum atomic E-state index is 4.00. The molecule has 0 heterocycles. The van der Waals surface area contributed by atoms with Gasteiger partial charge in [0.15, 0.2) is 0 Å². The van der Waals surface area contributed by atoms with Crippen LogP contribution in [0.3, 0.4) is 0 Å². The smallest absolute Gasteiger partial charge is 0.0254 e. The van der Waals surface area contributed by atoms with E-state index in [-0.39, 0.29) is 0 Å². The molecule has 0 aromatic heterocycles. The Hall–Kier alpha value is -1.30. The molecule has 0 nitrogen and oxygen atoms in total. The van der Waals surface area contributed by atoms with Crippen LogP contribution in [-0.4, -0.2) is 0 Å². The maximum Gasteiger partial charge on any atom is -0.0254 e. The maximum absolute atomic E-state index is 4.00. The Balaban J connectivity index is 2.83. The van der Waals surface area contributed by atoms with E-state index >= 15 is 0 Å². The van der Waals surface area contributed by atoms with E-state index in [4.69, 9.17) is 0 Å². The molecule has 0 amide bonds. The van der Waals surface area contributed by atoms with Gasteiger partial charge in [-0.1, -0.05) is 55.5 Å². The van der Waals surface area contributed by atoms with Crippen molar-refractivity contribution in [2.24, 2.45) is 0 Å². The fourth-order valence-electron chi connectivity index (χ4n) is 1.18. The Kier molecular flexibility index (Phi) is 3.51. The van der Waals surface area contributed by atoms with Crippen LogP contribution in [0.25, 0.3) is 6.08 Å². The van der Waals surface area contributed by atoms with Crippen LogP contribution in [0.4, 0.5) is 0 Å². The summed E-state index contributed by atoms with van der Waals surface area (Å²) in [4.78, 5) is 0. The standard InChI is InChI=1S/C13H16/c1-4-11(2)12(3)10-13-8-6-5-7-9-13/h5-10H,2,4H2,1,3H3/b12-10+. The lowest BCUT2D eigenvalue weighted by molar-refractivity contribution is 1.12. The number of benzene rings is 1. The van der Waals surface area contributed by atoms with Crippen molar-refractivity contribution in [2.45, 2.75) is 20.3 Å². The summed E-state index contributed by atoms with van der Waals surface area (Å²) in [5.41, 5.74) is 3.73. The Morgan fingerprint density at radius 3 is 2.46 bits per heavy atom. The van der Waals surface area contributed by atoms with Gasteiger partial charge in [-0.3, -0.25) is 0 Å². The van der Waals surface area contributed by atoms with E-state index in [0.717, 1.165) is 6.42 Å². The molecular formula is C13H16. The van der Waals surface area contributed by atoms with E-state index in [1.54, 1.807) is 0 Å². The van der Waals surface area contributed by atoms with Crippen LogP contribution in [0.2, 0.25) is 0 Å². The van der Waals surface area contributed by atoms with Crippen molar-refractivity contribution in [1.29, 1.82) is 0 Å². The van der Waals surface area contributed by atoms with Gasteiger partial charge in [-0.2, -0.15) is 0 Å². The van der Waals surface area contributed by atoms with Crippen molar-refractivity contribution in [2.75, 3.05) is 0 Å². The summed E-state index contributed by atoms with van der Waals surface area (Å²) < 4.78 is 0. The van der Waals surface area contributed by atoms with Crippen LogP contribution >= 0.6 is 0 Å². The van der Waals surface area contributed by atoms with E-state index < -0.39 is 0 Å². The summed E-state index contributed by atoms with van der Waals surface area (Å²) in [7, 11) is 0. The first kappa shape index (κ1) is 9.79. The number of hydrogen-bond acceptors (Lipinski definition) is 0. The molecule has 0 atom stereocenters. The fourth-order valence-corrected chi connectivity index (χ4v) is 1.18. The molecule has 1 aromatic carbocycles. The van der Waals surface area contributed by atoms with E-state index in [9.17, 15) is 0 Å². The molecule has 0 aliphatic carbocycles. The van der Waals surface area contributed by atoms with Gasteiger partial charge >= 0.3 is 0 Å². The number of hydrogen-bond donors (Lipinski definition) is 0. The third kappa shape index (κ3) is 2.90. The van der Waals surface area contributed by atoms with Gasteiger partial charge in [0.05, 0.1) is 0 Å². The van der Waals surface area contributed by atoms with Gasteiger partial charge in [0, 0.05) is 0 Å². The lowest BCUT2D eigenvalue weighted by Crippen LogP contribution is -1.80. The van der Waals surface area contributed by atoms with Crippen molar-refractivity contribution >= 4 is 6.08 Å². The predicted octanol–water partition coefficient (Wildman–Crippen LogP) is 4.06. The first-order chi connectivity index (χ1) is 6.24. The minimum Gasteiger partial charge on any atom is -0.0956 e. The zero-order chi connectivity index (χ0) is 9.68. The zero-order valence-corrected chi connectivity index (χ0v) is 8.38. The van der Waals surface area contributed by atoms with Gasteiger partial charge in [0.25, 0.3) is 0 Å². The lowest BCUT2D eigenvalue weighted by Gasteiger charge is -2.02. The second-order valence-corrected chi connectivity index (χ2v) is 3.20. The normalized spacial score (nSPS) is 11.4. The van der Waals surface area contributed by atoms with Crippen molar-refractivity contribution in [3.63, 3.8) is 0 Å². The molecule has 0 heteroatoms. The largest absolute Gasteiger partial charge is 0.0956 e.